The van der Waals surface area contributed by atoms with Crippen molar-refractivity contribution in [3.63, 3.8) is 0 Å². The molecule has 10 heavy (non-hydrogen) atoms. The summed E-state index contributed by atoms with van der Waals surface area (Å²) in [5, 5.41) is 17.2. The Labute approximate surface area is 56.1 Å². The van der Waals surface area contributed by atoms with Gasteiger partial charge < -0.3 is 10.2 Å². The summed E-state index contributed by atoms with van der Waals surface area (Å²) in [4.78, 5) is 20.9. The van der Waals surface area contributed by atoms with Crippen molar-refractivity contribution in [2.45, 2.75) is 0 Å². The molecule has 1 rings (SSSR count). The van der Waals surface area contributed by atoms with E-state index in [4.69, 9.17) is 10.2 Å². The molecule has 0 spiro atoms. The lowest BCUT2D eigenvalue weighted by Crippen LogP contribution is -2.13. The van der Waals surface area contributed by atoms with Gasteiger partial charge in [0, 0.05) is 12.2 Å². The third kappa shape index (κ3) is 0.907. The summed E-state index contributed by atoms with van der Waals surface area (Å²) in [6.07, 6.45) is 1.50. The van der Waals surface area contributed by atoms with Gasteiger partial charge in [0.25, 0.3) is 5.78 Å². The Morgan fingerprint density at radius 2 is 1.40 bits per heavy atom. The number of aliphatic hydroxyl groups excluding tert-OH is 2. The molecule has 0 bridgehead atoms. The van der Waals surface area contributed by atoms with Crippen molar-refractivity contribution >= 4 is 11.6 Å². The van der Waals surface area contributed by atoms with Crippen LogP contribution < -0.4 is 0 Å². The number of allylic oxidation sites excluding steroid dienone is 2. The Kier molecular flexibility index (Phi) is 1.30. The van der Waals surface area contributed by atoms with Crippen molar-refractivity contribution in [3.05, 3.63) is 23.7 Å². The predicted octanol–water partition coefficient (Wildman–Crippen LogP) is 0.0220. The van der Waals surface area contributed by atoms with Crippen LogP contribution in [0.3, 0.4) is 0 Å². The molecule has 0 amide bonds. The van der Waals surface area contributed by atoms with Gasteiger partial charge in [-0.1, -0.05) is 0 Å². The Balaban J connectivity index is 3.05. The normalized spacial score (nSPS) is 18.4. The smallest absolute Gasteiger partial charge is 0.261 e. The minimum absolute atomic E-state index is 0.588. The van der Waals surface area contributed by atoms with E-state index in [1.807, 2.05) is 0 Å². The second-order valence-corrected chi connectivity index (χ2v) is 1.79. The second-order valence-electron chi connectivity index (χ2n) is 1.79. The summed E-state index contributed by atoms with van der Waals surface area (Å²) in [6, 6.07) is 0. The lowest BCUT2D eigenvalue weighted by atomic mass is 10.1. The molecule has 0 aromatic rings. The van der Waals surface area contributed by atoms with Gasteiger partial charge in [0.05, 0.1) is 0 Å². The van der Waals surface area contributed by atoms with Crippen molar-refractivity contribution in [1.29, 1.82) is 0 Å². The minimum Gasteiger partial charge on any atom is -0.504 e. The van der Waals surface area contributed by atoms with Crippen molar-refractivity contribution in [1.82, 2.24) is 0 Å². The highest BCUT2D eigenvalue weighted by Crippen LogP contribution is 2.06. The summed E-state index contributed by atoms with van der Waals surface area (Å²) in [5.74, 6) is -2.94. The van der Waals surface area contributed by atoms with E-state index in [2.05, 4.69) is 0 Å². The van der Waals surface area contributed by atoms with Crippen molar-refractivity contribution in [3.8, 4) is 0 Å². The average molecular weight is 140 g/mol. The maximum atomic E-state index is 10.5. The Hall–Kier alpha value is -1.58. The summed E-state index contributed by atoms with van der Waals surface area (Å²) in [7, 11) is 0. The van der Waals surface area contributed by atoms with Gasteiger partial charge in [0.1, 0.15) is 0 Å². The summed E-state index contributed by atoms with van der Waals surface area (Å²) >= 11 is 0. The molecule has 0 saturated carbocycles. The maximum absolute atomic E-state index is 10.5. The molecule has 2 N–H and O–H groups in total. The van der Waals surface area contributed by atoms with Crippen molar-refractivity contribution in [2.24, 2.45) is 0 Å². The van der Waals surface area contributed by atoms with Gasteiger partial charge >= 0.3 is 0 Å². The first kappa shape index (κ1) is 6.54. The fourth-order valence-electron chi connectivity index (χ4n) is 0.573. The Morgan fingerprint density at radius 3 is 1.80 bits per heavy atom. The molecular formula is C6H4O4. The topological polar surface area (TPSA) is 74.6 Å². The van der Waals surface area contributed by atoms with E-state index in [-0.39, 0.29) is 0 Å². The van der Waals surface area contributed by atoms with Crippen LogP contribution >= 0.6 is 0 Å². The van der Waals surface area contributed by atoms with Crippen LogP contribution in [0.1, 0.15) is 0 Å². The van der Waals surface area contributed by atoms with Crippen LogP contribution in [-0.2, 0) is 9.59 Å². The number of ketones is 2. The van der Waals surface area contributed by atoms with Crippen molar-refractivity contribution in [2.75, 3.05) is 0 Å². The first-order valence-corrected chi connectivity index (χ1v) is 2.51. The standard InChI is InChI=1S/C6H4O4/c7-3-1-4(8)6(10)5(9)2-3/h1-2,8-9H. The third-order valence-corrected chi connectivity index (χ3v) is 1.02. The van der Waals surface area contributed by atoms with E-state index in [0.29, 0.717) is 0 Å². The molecule has 1 aliphatic rings. The Bertz CT molecular complexity index is 235. The van der Waals surface area contributed by atoms with Gasteiger partial charge in [-0.2, -0.15) is 0 Å². The number of rotatable bonds is 0. The largest absolute Gasteiger partial charge is 0.504 e. The summed E-state index contributed by atoms with van der Waals surface area (Å²) in [5.41, 5.74) is 0. The van der Waals surface area contributed by atoms with E-state index >= 15 is 0 Å². The van der Waals surface area contributed by atoms with Gasteiger partial charge in [-0.05, 0) is 0 Å². The maximum Gasteiger partial charge on any atom is 0.261 e. The fraction of sp³-hybridized carbons (Fsp3) is 0. The molecular weight excluding hydrogens is 136 g/mol. The molecule has 0 aliphatic heterocycles. The van der Waals surface area contributed by atoms with Gasteiger partial charge in [0.2, 0.25) is 0 Å². The molecule has 0 saturated heterocycles. The van der Waals surface area contributed by atoms with Gasteiger partial charge in [0.15, 0.2) is 17.3 Å². The summed E-state index contributed by atoms with van der Waals surface area (Å²) in [6.45, 7) is 0. The second kappa shape index (κ2) is 1.98. The van der Waals surface area contributed by atoms with Crippen molar-refractivity contribution < 1.29 is 19.8 Å². The van der Waals surface area contributed by atoms with Crippen LogP contribution in [0.15, 0.2) is 23.7 Å². The van der Waals surface area contributed by atoms with Crippen LogP contribution in [-0.4, -0.2) is 21.8 Å². The first-order chi connectivity index (χ1) is 4.61. The first-order valence-electron chi connectivity index (χ1n) is 2.51. The molecule has 0 unspecified atom stereocenters. The molecule has 0 aromatic carbocycles. The van der Waals surface area contributed by atoms with Crippen LogP contribution in [0.25, 0.3) is 0 Å². The predicted molar refractivity (Wildman–Crippen MR) is 31.4 cm³/mol. The highest BCUT2D eigenvalue weighted by atomic mass is 16.3. The van der Waals surface area contributed by atoms with E-state index in [0.717, 1.165) is 12.2 Å². The molecule has 0 radical (unpaired) electrons. The highest BCUT2D eigenvalue weighted by Gasteiger charge is 2.19. The number of hydrogen-bond donors (Lipinski definition) is 2. The summed E-state index contributed by atoms with van der Waals surface area (Å²) < 4.78 is 0. The SMILES string of the molecule is O=C1C=C(O)C(=O)C(O)=C1. The van der Waals surface area contributed by atoms with Gasteiger partial charge in [-0.25, -0.2) is 0 Å². The zero-order valence-corrected chi connectivity index (χ0v) is 4.87. The molecule has 0 aromatic heterocycles. The zero-order valence-electron chi connectivity index (χ0n) is 4.87. The Morgan fingerprint density at radius 1 is 1.00 bits per heavy atom. The van der Waals surface area contributed by atoms with Crippen LogP contribution in [0, 0.1) is 0 Å². The zero-order chi connectivity index (χ0) is 7.72. The molecule has 1 aliphatic carbocycles. The average Bonchev–Trinajstić information content (AvgIpc) is 1.82. The van der Waals surface area contributed by atoms with Crippen LogP contribution in [0.2, 0.25) is 0 Å². The van der Waals surface area contributed by atoms with Gasteiger partial charge in [-0.15, -0.1) is 0 Å². The number of aliphatic hydroxyl groups is 2. The number of hydrogen-bond acceptors (Lipinski definition) is 4. The van der Waals surface area contributed by atoms with E-state index in [1.54, 1.807) is 0 Å². The fourth-order valence-corrected chi connectivity index (χ4v) is 0.573. The highest BCUT2D eigenvalue weighted by molar-refractivity contribution is 6.17. The van der Waals surface area contributed by atoms with E-state index in [1.165, 1.54) is 0 Å². The molecule has 0 fully saturated rings. The third-order valence-electron chi connectivity index (χ3n) is 1.02. The lowest BCUT2D eigenvalue weighted by molar-refractivity contribution is -0.119. The monoisotopic (exact) mass is 140 g/mol. The number of Topliss-reactive ketones (excluding diaryl/α,β-unsaturated/α-hetero) is 1. The molecule has 0 atom stereocenters. The van der Waals surface area contributed by atoms with E-state index in [9.17, 15) is 9.59 Å². The molecule has 4 nitrogen and oxygen atoms in total. The molecule has 4 heteroatoms. The number of carbonyl (C=O) groups excluding carboxylic acids is 2. The lowest BCUT2D eigenvalue weighted by Gasteiger charge is -2.01. The van der Waals surface area contributed by atoms with E-state index < -0.39 is 23.1 Å². The quantitative estimate of drug-likeness (QED) is 0.465. The van der Waals surface area contributed by atoms with Crippen LogP contribution in [0.4, 0.5) is 0 Å². The number of carbonyl (C=O) groups is 2. The molecule has 0 heterocycles. The van der Waals surface area contributed by atoms with Crippen LogP contribution in [0.5, 0.6) is 0 Å². The van der Waals surface area contributed by atoms with Gasteiger partial charge in [-0.3, -0.25) is 9.59 Å². The minimum atomic E-state index is -0.917. The molecule has 52 valence electrons.